The highest BCUT2D eigenvalue weighted by Crippen LogP contribution is 2.29. The lowest BCUT2D eigenvalue weighted by molar-refractivity contribution is 0.0670. The van der Waals surface area contributed by atoms with E-state index in [0.717, 1.165) is 49.8 Å². The Balaban J connectivity index is 1.45. The van der Waals surface area contributed by atoms with E-state index in [1.54, 1.807) is 22.8 Å². The Morgan fingerprint density at radius 3 is 3.00 bits per heavy atom. The van der Waals surface area contributed by atoms with Gasteiger partial charge in [-0.2, -0.15) is 5.10 Å². The molecule has 146 valence electrons. The highest BCUT2D eigenvalue weighted by Gasteiger charge is 2.31. The van der Waals surface area contributed by atoms with Crippen LogP contribution in [0.3, 0.4) is 0 Å². The van der Waals surface area contributed by atoms with Gasteiger partial charge in [0.2, 0.25) is 0 Å². The largest absolute Gasteiger partial charge is 0.420 e. The molecule has 1 aliphatic heterocycles. The molecule has 8 heteroatoms. The van der Waals surface area contributed by atoms with Crippen molar-refractivity contribution < 1.29 is 9.21 Å². The van der Waals surface area contributed by atoms with Gasteiger partial charge in [0.05, 0.1) is 11.6 Å². The fourth-order valence-corrected chi connectivity index (χ4v) is 4.68. The number of carbonyl (C=O) groups is 1. The van der Waals surface area contributed by atoms with Crippen LogP contribution in [-0.2, 0) is 12.8 Å². The number of fused-ring (bicyclic) bond motifs is 2. The number of nitrogens with one attached hydrogen (secondary N) is 1. The molecule has 0 radical (unpaired) electrons. The van der Waals surface area contributed by atoms with Crippen molar-refractivity contribution in [3.05, 3.63) is 50.7 Å². The molecule has 7 nitrogen and oxygen atoms in total. The first-order valence-electron chi connectivity index (χ1n) is 9.78. The van der Waals surface area contributed by atoms with E-state index >= 15 is 0 Å². The summed E-state index contributed by atoms with van der Waals surface area (Å²) in [6.07, 6.45) is 5.70. The van der Waals surface area contributed by atoms with E-state index in [9.17, 15) is 9.59 Å². The number of H-pyrrole nitrogens is 1. The second-order valence-electron chi connectivity index (χ2n) is 7.63. The monoisotopic (exact) mass is 400 g/mol. The fourth-order valence-electron chi connectivity index (χ4n) is 4.51. The maximum atomic E-state index is 13.2. The molecule has 28 heavy (non-hydrogen) atoms. The van der Waals surface area contributed by atoms with E-state index < -0.39 is 5.76 Å². The van der Waals surface area contributed by atoms with Crippen molar-refractivity contribution >= 4 is 28.6 Å². The lowest BCUT2D eigenvalue weighted by Gasteiger charge is -2.33. The van der Waals surface area contributed by atoms with Crippen LogP contribution in [0, 0.1) is 0 Å². The van der Waals surface area contributed by atoms with Gasteiger partial charge in [-0.3, -0.25) is 14.5 Å². The summed E-state index contributed by atoms with van der Waals surface area (Å²) in [6.45, 7) is 1.13. The van der Waals surface area contributed by atoms with Crippen LogP contribution in [0.25, 0.3) is 11.1 Å². The van der Waals surface area contributed by atoms with Crippen molar-refractivity contribution in [2.24, 2.45) is 0 Å². The summed E-state index contributed by atoms with van der Waals surface area (Å²) in [5.74, 6) is -0.461. The highest BCUT2D eigenvalue weighted by molar-refractivity contribution is 6.31. The molecule has 1 saturated heterocycles. The van der Waals surface area contributed by atoms with Gasteiger partial charge >= 0.3 is 5.76 Å². The fraction of sp³-hybridized carbons (Fsp3) is 0.450. The number of aromatic nitrogens is 3. The first kappa shape index (κ1) is 17.6. The van der Waals surface area contributed by atoms with Crippen LogP contribution < -0.4 is 5.76 Å². The Hall–Kier alpha value is -2.54. The maximum absolute atomic E-state index is 13.2. The van der Waals surface area contributed by atoms with E-state index in [1.165, 1.54) is 0 Å². The van der Waals surface area contributed by atoms with Crippen LogP contribution in [0.1, 0.15) is 53.5 Å². The van der Waals surface area contributed by atoms with E-state index in [1.807, 2.05) is 4.90 Å². The molecular weight excluding hydrogens is 380 g/mol. The third-order valence-corrected chi connectivity index (χ3v) is 6.12. The van der Waals surface area contributed by atoms with E-state index in [4.69, 9.17) is 16.0 Å². The highest BCUT2D eigenvalue weighted by atomic mass is 35.5. The zero-order valence-electron chi connectivity index (χ0n) is 15.4. The number of carbonyl (C=O) groups excluding carboxylic acids is 1. The average molecular weight is 401 g/mol. The summed E-state index contributed by atoms with van der Waals surface area (Å²) in [5.41, 5.74) is 3.89. The van der Waals surface area contributed by atoms with Crippen LogP contribution in [0.15, 0.2) is 27.4 Å². The van der Waals surface area contributed by atoms with Gasteiger partial charge in [-0.1, -0.05) is 11.6 Å². The van der Waals surface area contributed by atoms with Crippen LogP contribution in [0.2, 0.25) is 5.02 Å². The van der Waals surface area contributed by atoms with Crippen molar-refractivity contribution in [3.63, 3.8) is 0 Å². The molecule has 3 aromatic rings. The summed E-state index contributed by atoms with van der Waals surface area (Å²) >= 11 is 6.12. The standard InChI is InChI=1S/C20H21ClN4O3/c21-12-7-8-17-16(10-12)25(20(27)28-17)13-4-3-9-24(11-13)19(26)18-14-5-1-2-6-15(14)22-23-18/h7-8,10,13H,1-6,9,11H2,(H,22,23)/t13-/m0/s1. The Labute approximate surface area is 166 Å². The molecule has 0 bridgehead atoms. The topological polar surface area (TPSA) is 84.1 Å². The number of hydrogen-bond acceptors (Lipinski definition) is 4. The maximum Gasteiger partial charge on any atom is 0.420 e. The van der Waals surface area contributed by atoms with E-state index in [0.29, 0.717) is 34.9 Å². The van der Waals surface area contributed by atoms with E-state index in [2.05, 4.69) is 10.2 Å². The number of nitrogens with zero attached hydrogens (tertiary/aromatic N) is 3. The lowest BCUT2D eigenvalue weighted by Crippen LogP contribution is -2.42. The molecule has 5 rings (SSSR count). The number of rotatable bonds is 2. The minimum absolute atomic E-state index is 0.0528. The van der Waals surface area contributed by atoms with Crippen molar-refractivity contribution in [1.82, 2.24) is 19.7 Å². The minimum atomic E-state index is -0.409. The summed E-state index contributed by atoms with van der Waals surface area (Å²) in [4.78, 5) is 27.5. The number of halogens is 1. The lowest BCUT2D eigenvalue weighted by atomic mass is 9.95. The third kappa shape index (κ3) is 2.85. The van der Waals surface area contributed by atoms with Crippen molar-refractivity contribution in [2.45, 2.75) is 44.6 Å². The first-order valence-corrected chi connectivity index (χ1v) is 10.2. The average Bonchev–Trinajstić information content (AvgIpc) is 3.27. The van der Waals surface area contributed by atoms with Gasteiger partial charge < -0.3 is 9.32 Å². The first-order chi connectivity index (χ1) is 13.6. The number of amides is 1. The van der Waals surface area contributed by atoms with Crippen molar-refractivity contribution in [1.29, 1.82) is 0 Å². The van der Waals surface area contributed by atoms with Crippen LogP contribution in [-0.4, -0.2) is 38.7 Å². The van der Waals surface area contributed by atoms with Crippen LogP contribution in [0.4, 0.5) is 0 Å². The number of benzene rings is 1. The summed E-state index contributed by atoms with van der Waals surface area (Å²) < 4.78 is 7.02. The van der Waals surface area contributed by atoms with Gasteiger partial charge in [0.1, 0.15) is 0 Å². The molecule has 1 aliphatic carbocycles. The van der Waals surface area contributed by atoms with E-state index in [-0.39, 0.29) is 11.9 Å². The second-order valence-corrected chi connectivity index (χ2v) is 8.07. The normalized spacial score (nSPS) is 19.8. The van der Waals surface area contributed by atoms with Gasteiger partial charge in [0.15, 0.2) is 11.3 Å². The predicted molar refractivity (Wildman–Crippen MR) is 105 cm³/mol. The number of hydrogen-bond donors (Lipinski definition) is 1. The molecule has 1 aromatic carbocycles. The Morgan fingerprint density at radius 2 is 2.11 bits per heavy atom. The molecule has 1 fully saturated rings. The Kier molecular flexibility index (Phi) is 4.27. The van der Waals surface area contributed by atoms with Gasteiger partial charge in [-0.15, -0.1) is 0 Å². The molecule has 1 atom stereocenters. The van der Waals surface area contributed by atoms with Crippen LogP contribution in [0.5, 0.6) is 0 Å². The second kappa shape index (κ2) is 6.81. The van der Waals surface area contributed by atoms with Gasteiger partial charge in [-0.05, 0) is 56.7 Å². The number of aromatic amines is 1. The molecule has 2 aliphatic rings. The summed E-state index contributed by atoms with van der Waals surface area (Å²) in [5, 5.41) is 7.91. The predicted octanol–water partition coefficient (Wildman–Crippen LogP) is 3.33. The minimum Gasteiger partial charge on any atom is -0.408 e. The Bertz CT molecular complexity index is 1110. The number of likely N-dealkylation sites (tertiary alicyclic amines) is 1. The molecule has 0 saturated carbocycles. The summed E-state index contributed by atoms with van der Waals surface area (Å²) in [6, 6.07) is 5.01. The van der Waals surface area contributed by atoms with Crippen molar-refractivity contribution in [2.75, 3.05) is 13.1 Å². The third-order valence-electron chi connectivity index (χ3n) is 5.88. The quantitative estimate of drug-likeness (QED) is 0.715. The van der Waals surface area contributed by atoms with Gasteiger partial charge in [-0.25, -0.2) is 4.79 Å². The molecule has 3 heterocycles. The van der Waals surface area contributed by atoms with Gasteiger partial charge in [0.25, 0.3) is 5.91 Å². The number of aryl methyl sites for hydroxylation is 1. The molecule has 1 N–H and O–H groups in total. The molecule has 0 spiro atoms. The Morgan fingerprint density at radius 1 is 1.25 bits per heavy atom. The number of oxazole rings is 1. The molecule has 1 amide bonds. The molecular formula is C20H21ClN4O3. The smallest absolute Gasteiger partial charge is 0.408 e. The zero-order valence-corrected chi connectivity index (χ0v) is 16.2. The molecule has 2 aromatic heterocycles. The zero-order chi connectivity index (χ0) is 19.3. The van der Waals surface area contributed by atoms with Gasteiger partial charge in [0, 0.05) is 29.4 Å². The number of piperidine rings is 1. The summed E-state index contributed by atoms with van der Waals surface area (Å²) in [7, 11) is 0. The molecule has 0 unspecified atom stereocenters. The SMILES string of the molecule is O=C(c1n[nH]c2c1CCCC2)N1CCC[C@H](n2c(=O)oc3ccc(Cl)cc32)C1. The van der Waals surface area contributed by atoms with Crippen LogP contribution >= 0.6 is 11.6 Å². The van der Waals surface area contributed by atoms with Crippen molar-refractivity contribution in [3.8, 4) is 0 Å².